The number of halogens is 1. The molecule has 0 bridgehead atoms. The summed E-state index contributed by atoms with van der Waals surface area (Å²) in [5.74, 6) is -0.00428. The van der Waals surface area contributed by atoms with Gasteiger partial charge in [-0.2, -0.15) is 8.42 Å². The summed E-state index contributed by atoms with van der Waals surface area (Å²) >= 11 is 0. The van der Waals surface area contributed by atoms with Gasteiger partial charge in [0.25, 0.3) is 0 Å². The SMILES string of the molecule is CC1(C)C(CCS(=O)(=O)F)C1(C)C. The van der Waals surface area contributed by atoms with Crippen LogP contribution >= 0.6 is 0 Å². The summed E-state index contributed by atoms with van der Waals surface area (Å²) < 4.78 is 32.9. The second-order valence-corrected chi connectivity index (χ2v) is 6.51. The van der Waals surface area contributed by atoms with Gasteiger partial charge in [0.1, 0.15) is 0 Å². The molecule has 1 aliphatic rings. The molecular weight excluding hydrogens is 191 g/mol. The average molecular weight is 208 g/mol. The third kappa shape index (κ3) is 1.87. The Balaban J connectivity index is 2.53. The first-order valence-electron chi connectivity index (χ1n) is 4.51. The summed E-state index contributed by atoms with van der Waals surface area (Å²) in [7, 11) is -4.28. The minimum atomic E-state index is -4.28. The minimum Gasteiger partial charge on any atom is -0.195 e. The van der Waals surface area contributed by atoms with Gasteiger partial charge >= 0.3 is 10.2 Å². The number of hydrogen-bond acceptors (Lipinski definition) is 2. The van der Waals surface area contributed by atoms with Crippen LogP contribution in [-0.2, 0) is 10.2 Å². The molecule has 0 aromatic rings. The molecule has 0 spiro atoms. The lowest BCUT2D eigenvalue weighted by Gasteiger charge is -2.04. The second kappa shape index (κ2) is 2.69. The van der Waals surface area contributed by atoms with Gasteiger partial charge < -0.3 is 0 Å². The summed E-state index contributed by atoms with van der Waals surface area (Å²) in [5, 5.41) is 0. The van der Waals surface area contributed by atoms with Gasteiger partial charge in [-0.05, 0) is 23.2 Å². The van der Waals surface area contributed by atoms with Crippen molar-refractivity contribution in [3.05, 3.63) is 0 Å². The highest BCUT2D eigenvalue weighted by molar-refractivity contribution is 7.86. The summed E-state index contributed by atoms with van der Waals surface area (Å²) in [6, 6.07) is 0. The third-order valence-corrected chi connectivity index (χ3v) is 4.69. The van der Waals surface area contributed by atoms with E-state index in [1.807, 2.05) is 0 Å². The maximum absolute atomic E-state index is 12.3. The Bertz CT molecular complexity index is 290. The summed E-state index contributed by atoms with van der Waals surface area (Å²) in [6.07, 6.45) is 0.443. The van der Waals surface area contributed by atoms with E-state index in [2.05, 4.69) is 27.7 Å². The first kappa shape index (κ1) is 11.0. The molecule has 0 unspecified atom stereocenters. The van der Waals surface area contributed by atoms with Gasteiger partial charge in [0.15, 0.2) is 0 Å². The van der Waals surface area contributed by atoms with Gasteiger partial charge in [-0.15, -0.1) is 3.89 Å². The molecule has 1 aliphatic carbocycles. The Morgan fingerprint density at radius 2 is 1.54 bits per heavy atom. The molecular formula is C9H17FO2S. The van der Waals surface area contributed by atoms with E-state index in [0.717, 1.165) is 0 Å². The molecule has 0 aromatic carbocycles. The average Bonchev–Trinajstić information content (AvgIpc) is 2.19. The van der Waals surface area contributed by atoms with Crippen LogP contribution < -0.4 is 0 Å². The van der Waals surface area contributed by atoms with Crippen molar-refractivity contribution >= 4 is 10.2 Å². The second-order valence-electron chi connectivity index (χ2n) is 5.03. The molecule has 0 atom stereocenters. The van der Waals surface area contributed by atoms with Crippen LogP contribution in [0.5, 0.6) is 0 Å². The quantitative estimate of drug-likeness (QED) is 0.667. The molecule has 0 N–H and O–H groups in total. The van der Waals surface area contributed by atoms with Crippen molar-refractivity contribution in [3.8, 4) is 0 Å². The molecule has 0 saturated heterocycles. The van der Waals surface area contributed by atoms with E-state index >= 15 is 0 Å². The molecule has 0 aromatic heterocycles. The van der Waals surface area contributed by atoms with Gasteiger partial charge in [0.05, 0.1) is 5.75 Å². The van der Waals surface area contributed by atoms with Crippen molar-refractivity contribution in [1.82, 2.24) is 0 Å². The molecule has 1 saturated carbocycles. The van der Waals surface area contributed by atoms with E-state index in [0.29, 0.717) is 12.3 Å². The Hall–Kier alpha value is -0.120. The lowest BCUT2D eigenvalue weighted by Crippen LogP contribution is -2.01. The number of hydrogen-bond donors (Lipinski definition) is 0. The van der Waals surface area contributed by atoms with Crippen LogP contribution in [0.1, 0.15) is 34.1 Å². The molecule has 0 aliphatic heterocycles. The fourth-order valence-corrected chi connectivity index (χ4v) is 2.83. The summed E-state index contributed by atoms with van der Waals surface area (Å²) in [6.45, 7) is 8.40. The van der Waals surface area contributed by atoms with Crippen molar-refractivity contribution in [2.24, 2.45) is 16.7 Å². The van der Waals surface area contributed by atoms with E-state index in [1.165, 1.54) is 0 Å². The molecule has 4 heteroatoms. The van der Waals surface area contributed by atoms with Crippen LogP contribution in [0.4, 0.5) is 3.89 Å². The van der Waals surface area contributed by atoms with E-state index < -0.39 is 10.2 Å². The predicted octanol–water partition coefficient (Wildman–Crippen LogP) is 2.36. The maximum atomic E-state index is 12.3. The topological polar surface area (TPSA) is 34.1 Å². The Kier molecular flexibility index (Phi) is 2.26. The maximum Gasteiger partial charge on any atom is 0.302 e. The minimum absolute atomic E-state index is 0.150. The molecule has 0 heterocycles. The van der Waals surface area contributed by atoms with Crippen LogP contribution in [0.3, 0.4) is 0 Å². The van der Waals surface area contributed by atoms with Crippen LogP contribution in [0.2, 0.25) is 0 Å². The largest absolute Gasteiger partial charge is 0.302 e. The highest BCUT2D eigenvalue weighted by atomic mass is 32.3. The van der Waals surface area contributed by atoms with Crippen LogP contribution in [0.25, 0.3) is 0 Å². The molecule has 13 heavy (non-hydrogen) atoms. The van der Waals surface area contributed by atoms with Crippen molar-refractivity contribution in [2.75, 3.05) is 5.75 Å². The Morgan fingerprint density at radius 3 is 1.77 bits per heavy atom. The molecule has 2 nitrogen and oxygen atoms in total. The van der Waals surface area contributed by atoms with E-state index in [4.69, 9.17) is 0 Å². The zero-order valence-electron chi connectivity index (χ0n) is 8.59. The van der Waals surface area contributed by atoms with Crippen molar-refractivity contribution in [1.29, 1.82) is 0 Å². The molecule has 0 amide bonds. The highest BCUT2D eigenvalue weighted by Crippen LogP contribution is 2.69. The van der Waals surface area contributed by atoms with Gasteiger partial charge in [-0.1, -0.05) is 27.7 Å². The molecule has 1 rings (SSSR count). The van der Waals surface area contributed by atoms with Gasteiger partial charge in [0.2, 0.25) is 0 Å². The fraction of sp³-hybridized carbons (Fsp3) is 1.00. The lowest BCUT2D eigenvalue weighted by molar-refractivity contribution is 0.457. The van der Waals surface area contributed by atoms with E-state index in [9.17, 15) is 12.3 Å². The van der Waals surface area contributed by atoms with Crippen molar-refractivity contribution < 1.29 is 12.3 Å². The summed E-state index contributed by atoms with van der Waals surface area (Å²) in [4.78, 5) is 0. The van der Waals surface area contributed by atoms with E-state index in [-0.39, 0.29) is 16.6 Å². The Labute approximate surface area is 79.7 Å². The van der Waals surface area contributed by atoms with Crippen LogP contribution in [-0.4, -0.2) is 14.2 Å². The van der Waals surface area contributed by atoms with Gasteiger partial charge in [-0.25, -0.2) is 0 Å². The van der Waals surface area contributed by atoms with Crippen molar-refractivity contribution in [2.45, 2.75) is 34.1 Å². The fourth-order valence-electron chi connectivity index (χ4n) is 2.31. The van der Waals surface area contributed by atoms with Crippen LogP contribution in [0.15, 0.2) is 0 Å². The predicted molar refractivity (Wildman–Crippen MR) is 50.6 cm³/mol. The smallest absolute Gasteiger partial charge is 0.195 e. The molecule has 78 valence electrons. The highest BCUT2D eigenvalue weighted by Gasteiger charge is 2.63. The van der Waals surface area contributed by atoms with Crippen molar-refractivity contribution in [3.63, 3.8) is 0 Å². The first-order valence-corrected chi connectivity index (χ1v) is 6.06. The monoisotopic (exact) mass is 208 g/mol. The third-order valence-electron chi connectivity index (χ3n) is 3.97. The van der Waals surface area contributed by atoms with Crippen LogP contribution in [0, 0.1) is 16.7 Å². The zero-order chi connectivity index (χ0) is 10.5. The summed E-state index contributed by atoms with van der Waals surface area (Å²) in [5.41, 5.74) is 0.301. The Morgan fingerprint density at radius 1 is 1.15 bits per heavy atom. The molecule has 1 fully saturated rings. The normalized spacial score (nSPS) is 25.9. The van der Waals surface area contributed by atoms with Gasteiger partial charge in [0, 0.05) is 0 Å². The number of rotatable bonds is 3. The van der Waals surface area contributed by atoms with Gasteiger partial charge in [-0.3, -0.25) is 0 Å². The van der Waals surface area contributed by atoms with E-state index in [1.54, 1.807) is 0 Å². The standard InChI is InChI=1S/C9H17FO2S/c1-8(2)7(9(8,3)4)5-6-13(10,11)12/h7H,5-6H2,1-4H3. The first-order chi connectivity index (χ1) is 5.59. The lowest BCUT2D eigenvalue weighted by atomic mass is 10.0. The zero-order valence-corrected chi connectivity index (χ0v) is 9.41. The molecule has 0 radical (unpaired) electrons.